The van der Waals surface area contributed by atoms with Gasteiger partial charge in [-0.2, -0.15) is 0 Å². The van der Waals surface area contributed by atoms with Gasteiger partial charge in [0.2, 0.25) is 0 Å². The predicted octanol–water partition coefficient (Wildman–Crippen LogP) is 3.07. The van der Waals surface area contributed by atoms with E-state index in [4.69, 9.17) is 4.74 Å². The standard InChI is InChI=1S/C20H29N5O2.ClH/c1-13(2)18(15-5-7-17(27-4)8-6-15)22-20(26)19-14(3)25(24-23-19)16-9-11-21-12-10-16;/h5-8,13,16,18,21H,9-12H2,1-4H3,(H,22,26);1H. The predicted molar refractivity (Wildman–Crippen MR) is 111 cm³/mol. The van der Waals surface area contributed by atoms with Gasteiger partial charge >= 0.3 is 0 Å². The fraction of sp³-hybridized carbons (Fsp3) is 0.550. The molecule has 1 amide bonds. The van der Waals surface area contributed by atoms with Crippen molar-refractivity contribution in [2.45, 2.75) is 45.7 Å². The minimum Gasteiger partial charge on any atom is -0.497 e. The summed E-state index contributed by atoms with van der Waals surface area (Å²) in [7, 11) is 1.64. The molecule has 0 aliphatic carbocycles. The SMILES string of the molecule is COc1ccc(C(NC(=O)c2nnn(C3CCNCC3)c2C)C(C)C)cc1.Cl. The Morgan fingerprint density at radius 2 is 1.89 bits per heavy atom. The number of halogens is 1. The first kappa shape index (κ1) is 22.2. The number of piperidine rings is 1. The molecular weight excluding hydrogens is 378 g/mol. The van der Waals surface area contributed by atoms with Gasteiger partial charge in [0.05, 0.1) is 24.9 Å². The number of aromatic nitrogens is 3. The highest BCUT2D eigenvalue weighted by Crippen LogP contribution is 2.25. The first-order valence-electron chi connectivity index (χ1n) is 9.58. The molecule has 28 heavy (non-hydrogen) atoms. The number of carbonyl (C=O) groups excluding carboxylic acids is 1. The second kappa shape index (κ2) is 9.89. The molecule has 1 aromatic carbocycles. The van der Waals surface area contributed by atoms with Gasteiger partial charge in [-0.25, -0.2) is 4.68 Å². The van der Waals surface area contributed by atoms with Crippen molar-refractivity contribution in [1.29, 1.82) is 0 Å². The minimum absolute atomic E-state index is 0. The summed E-state index contributed by atoms with van der Waals surface area (Å²) in [5.41, 5.74) is 2.28. The van der Waals surface area contributed by atoms with E-state index in [9.17, 15) is 4.79 Å². The number of amides is 1. The highest BCUT2D eigenvalue weighted by atomic mass is 35.5. The molecule has 1 fully saturated rings. The van der Waals surface area contributed by atoms with Crippen LogP contribution in [0.2, 0.25) is 0 Å². The van der Waals surface area contributed by atoms with E-state index >= 15 is 0 Å². The van der Waals surface area contributed by atoms with Crippen LogP contribution >= 0.6 is 12.4 Å². The summed E-state index contributed by atoms with van der Waals surface area (Å²) >= 11 is 0. The number of benzene rings is 1. The fourth-order valence-corrected chi connectivity index (χ4v) is 3.60. The average molecular weight is 408 g/mol. The van der Waals surface area contributed by atoms with Gasteiger partial charge in [0.25, 0.3) is 5.91 Å². The number of rotatable bonds is 6. The Kier molecular flexibility index (Phi) is 7.83. The molecule has 0 radical (unpaired) electrons. The molecule has 8 heteroatoms. The van der Waals surface area contributed by atoms with Crippen LogP contribution in [0.4, 0.5) is 0 Å². The fourth-order valence-electron chi connectivity index (χ4n) is 3.60. The summed E-state index contributed by atoms with van der Waals surface area (Å²) in [6.45, 7) is 8.05. The summed E-state index contributed by atoms with van der Waals surface area (Å²) in [4.78, 5) is 12.9. The number of ether oxygens (including phenoxy) is 1. The zero-order chi connectivity index (χ0) is 19.4. The lowest BCUT2D eigenvalue weighted by atomic mass is 9.95. The van der Waals surface area contributed by atoms with Crippen molar-refractivity contribution in [3.05, 3.63) is 41.2 Å². The van der Waals surface area contributed by atoms with Gasteiger partial charge in [-0.05, 0) is 56.5 Å². The molecule has 2 aromatic rings. The first-order valence-corrected chi connectivity index (χ1v) is 9.58. The number of nitrogens with one attached hydrogen (secondary N) is 2. The maximum Gasteiger partial charge on any atom is 0.274 e. The Hall–Kier alpha value is -2.12. The van der Waals surface area contributed by atoms with E-state index in [1.165, 1.54) is 0 Å². The van der Waals surface area contributed by atoms with Gasteiger partial charge in [-0.3, -0.25) is 4.79 Å². The smallest absolute Gasteiger partial charge is 0.274 e. The lowest BCUT2D eigenvalue weighted by Crippen LogP contribution is -2.33. The molecule has 1 saturated heterocycles. The Labute approximate surface area is 172 Å². The number of hydrogen-bond acceptors (Lipinski definition) is 5. The summed E-state index contributed by atoms with van der Waals surface area (Å²) in [6, 6.07) is 8.00. The highest BCUT2D eigenvalue weighted by Gasteiger charge is 2.25. The third-order valence-corrected chi connectivity index (χ3v) is 5.23. The normalized spacial score (nSPS) is 15.8. The van der Waals surface area contributed by atoms with E-state index in [-0.39, 0.29) is 30.3 Å². The Morgan fingerprint density at radius 1 is 1.25 bits per heavy atom. The van der Waals surface area contributed by atoms with Crippen molar-refractivity contribution in [3.8, 4) is 5.75 Å². The maximum absolute atomic E-state index is 12.9. The van der Waals surface area contributed by atoms with E-state index in [1.54, 1.807) is 7.11 Å². The van der Waals surface area contributed by atoms with Crippen molar-refractivity contribution in [3.63, 3.8) is 0 Å². The van der Waals surface area contributed by atoms with Crippen molar-refractivity contribution >= 4 is 18.3 Å². The van der Waals surface area contributed by atoms with Crippen LogP contribution in [0.5, 0.6) is 5.75 Å². The van der Waals surface area contributed by atoms with Gasteiger partial charge in [-0.1, -0.05) is 31.2 Å². The molecule has 0 saturated carbocycles. The van der Waals surface area contributed by atoms with Crippen molar-refractivity contribution in [2.75, 3.05) is 20.2 Å². The van der Waals surface area contributed by atoms with Crippen LogP contribution in [-0.2, 0) is 0 Å². The third kappa shape index (κ3) is 4.83. The Morgan fingerprint density at radius 3 is 2.46 bits per heavy atom. The van der Waals surface area contributed by atoms with Crippen molar-refractivity contribution in [1.82, 2.24) is 25.6 Å². The molecule has 3 rings (SSSR count). The van der Waals surface area contributed by atoms with E-state index in [2.05, 4.69) is 34.8 Å². The average Bonchev–Trinajstić information content (AvgIpc) is 3.08. The topological polar surface area (TPSA) is 81.1 Å². The molecule has 154 valence electrons. The van der Waals surface area contributed by atoms with Gasteiger partial charge in [-0.15, -0.1) is 17.5 Å². The molecule has 1 atom stereocenters. The zero-order valence-corrected chi connectivity index (χ0v) is 17.8. The second-order valence-corrected chi connectivity index (χ2v) is 7.42. The van der Waals surface area contributed by atoms with E-state index < -0.39 is 0 Å². The number of nitrogens with zero attached hydrogens (tertiary/aromatic N) is 3. The van der Waals surface area contributed by atoms with Crippen LogP contribution < -0.4 is 15.4 Å². The lowest BCUT2D eigenvalue weighted by Gasteiger charge is -2.24. The quantitative estimate of drug-likeness (QED) is 0.769. The minimum atomic E-state index is -0.179. The van der Waals surface area contributed by atoms with Crippen LogP contribution in [0.3, 0.4) is 0 Å². The zero-order valence-electron chi connectivity index (χ0n) is 16.9. The summed E-state index contributed by atoms with van der Waals surface area (Å²) in [5.74, 6) is 0.859. The van der Waals surface area contributed by atoms with Crippen LogP contribution in [0.15, 0.2) is 24.3 Å². The number of hydrogen-bond donors (Lipinski definition) is 2. The van der Waals surface area contributed by atoms with E-state index in [0.717, 1.165) is 42.9 Å². The molecule has 0 spiro atoms. The monoisotopic (exact) mass is 407 g/mol. The molecule has 1 unspecified atom stereocenters. The molecule has 2 N–H and O–H groups in total. The molecule has 7 nitrogen and oxygen atoms in total. The van der Waals surface area contributed by atoms with Gasteiger partial charge in [0.1, 0.15) is 5.75 Å². The third-order valence-electron chi connectivity index (χ3n) is 5.23. The second-order valence-electron chi connectivity index (χ2n) is 7.42. The van der Waals surface area contributed by atoms with Gasteiger partial charge in [0.15, 0.2) is 5.69 Å². The van der Waals surface area contributed by atoms with Crippen LogP contribution in [0, 0.1) is 12.8 Å². The van der Waals surface area contributed by atoms with Crippen molar-refractivity contribution in [2.24, 2.45) is 5.92 Å². The molecule has 1 aromatic heterocycles. The number of carbonyl (C=O) groups is 1. The molecular formula is C20H30ClN5O2. The summed E-state index contributed by atoms with van der Waals surface area (Å²) in [6.07, 6.45) is 2.01. The van der Waals surface area contributed by atoms with Gasteiger partial charge < -0.3 is 15.4 Å². The summed E-state index contributed by atoms with van der Waals surface area (Å²) in [5, 5.41) is 14.9. The molecule has 1 aliphatic heterocycles. The maximum atomic E-state index is 12.9. The van der Waals surface area contributed by atoms with Crippen LogP contribution in [0.25, 0.3) is 0 Å². The summed E-state index contributed by atoms with van der Waals surface area (Å²) < 4.78 is 7.13. The van der Waals surface area contributed by atoms with E-state index in [1.807, 2.05) is 35.9 Å². The lowest BCUT2D eigenvalue weighted by molar-refractivity contribution is 0.0919. The Bertz CT molecular complexity index is 769. The van der Waals surface area contributed by atoms with Crippen LogP contribution in [0.1, 0.15) is 60.5 Å². The molecule has 2 heterocycles. The number of methoxy groups -OCH3 is 1. The largest absolute Gasteiger partial charge is 0.497 e. The Balaban J connectivity index is 0.00000280. The van der Waals surface area contributed by atoms with Crippen molar-refractivity contribution < 1.29 is 9.53 Å². The van der Waals surface area contributed by atoms with Gasteiger partial charge in [0, 0.05) is 0 Å². The van der Waals surface area contributed by atoms with E-state index in [0.29, 0.717) is 11.7 Å². The first-order chi connectivity index (χ1) is 13.0. The molecule has 1 aliphatic rings. The van der Waals surface area contributed by atoms with Crippen LogP contribution in [-0.4, -0.2) is 41.1 Å². The molecule has 0 bridgehead atoms. The highest BCUT2D eigenvalue weighted by molar-refractivity contribution is 5.93.